The molecule has 2 N–H and O–H groups in total. The van der Waals surface area contributed by atoms with Crippen molar-refractivity contribution < 1.29 is 9.53 Å². The lowest BCUT2D eigenvalue weighted by Crippen LogP contribution is -2.34. The molecule has 6 heteroatoms. The van der Waals surface area contributed by atoms with E-state index in [0.29, 0.717) is 11.3 Å². The molecule has 0 aliphatic heterocycles. The van der Waals surface area contributed by atoms with Crippen LogP contribution < -0.4 is 15.4 Å². The molecule has 2 aromatic carbocycles. The summed E-state index contributed by atoms with van der Waals surface area (Å²) in [5.74, 6) is 0.213. The van der Waals surface area contributed by atoms with Crippen molar-refractivity contribution in [3.05, 3.63) is 57.6 Å². The minimum absolute atomic E-state index is 0.240. The number of carbonyl (C=O) groups excluding carboxylic acids is 1. The zero-order valence-corrected chi connectivity index (χ0v) is 16.2. The maximum absolute atomic E-state index is 12.5. The number of amides is 1. The molecular weight excluding hydrogens is 388 g/mol. The summed E-state index contributed by atoms with van der Waals surface area (Å²) in [6, 6.07) is 11.5. The molecule has 0 fully saturated rings. The van der Waals surface area contributed by atoms with Crippen molar-refractivity contribution in [2.75, 3.05) is 12.4 Å². The number of rotatable bonds is 4. The van der Waals surface area contributed by atoms with Crippen LogP contribution in [0.15, 0.2) is 40.9 Å². The number of methoxy groups -OCH3 is 1. The number of halogens is 1. The molecule has 0 unspecified atom stereocenters. The first-order valence-electron chi connectivity index (χ1n) is 7.50. The number of ether oxygens (including phenoxy) is 1. The lowest BCUT2D eigenvalue weighted by molar-refractivity contribution is 0.0974. The summed E-state index contributed by atoms with van der Waals surface area (Å²) >= 11 is 8.62. The van der Waals surface area contributed by atoms with Crippen molar-refractivity contribution in [2.45, 2.75) is 20.3 Å². The van der Waals surface area contributed by atoms with E-state index in [1.165, 1.54) is 5.56 Å². The van der Waals surface area contributed by atoms with Gasteiger partial charge in [-0.1, -0.05) is 35.0 Å². The van der Waals surface area contributed by atoms with Crippen molar-refractivity contribution in [1.29, 1.82) is 0 Å². The topological polar surface area (TPSA) is 50.4 Å². The van der Waals surface area contributed by atoms with Crippen LogP contribution in [0.3, 0.4) is 0 Å². The van der Waals surface area contributed by atoms with E-state index in [1.807, 2.05) is 37.3 Å². The molecule has 0 saturated heterocycles. The summed E-state index contributed by atoms with van der Waals surface area (Å²) in [4.78, 5) is 12.5. The van der Waals surface area contributed by atoms with Gasteiger partial charge in [-0.3, -0.25) is 10.1 Å². The smallest absolute Gasteiger partial charge is 0.261 e. The number of carbonyl (C=O) groups is 1. The Hall–Kier alpha value is -1.92. The van der Waals surface area contributed by atoms with Gasteiger partial charge in [-0.15, -0.1) is 0 Å². The van der Waals surface area contributed by atoms with Gasteiger partial charge in [-0.25, -0.2) is 0 Å². The highest BCUT2D eigenvalue weighted by molar-refractivity contribution is 9.10. The predicted octanol–water partition coefficient (Wildman–Crippen LogP) is 4.46. The Labute approximate surface area is 155 Å². The largest absolute Gasteiger partial charge is 0.496 e. The second-order valence-corrected chi connectivity index (χ2v) is 6.59. The highest BCUT2D eigenvalue weighted by Gasteiger charge is 2.16. The lowest BCUT2D eigenvalue weighted by Gasteiger charge is -2.14. The molecule has 0 aliphatic carbocycles. The number of nitrogens with one attached hydrogen (secondary N) is 2. The lowest BCUT2D eigenvalue weighted by atomic mass is 10.1. The van der Waals surface area contributed by atoms with Gasteiger partial charge in [0, 0.05) is 10.2 Å². The maximum atomic E-state index is 12.5. The van der Waals surface area contributed by atoms with Crippen LogP contribution in [0.4, 0.5) is 5.69 Å². The van der Waals surface area contributed by atoms with E-state index < -0.39 is 0 Å². The summed E-state index contributed by atoms with van der Waals surface area (Å²) < 4.78 is 6.14. The van der Waals surface area contributed by atoms with Gasteiger partial charge < -0.3 is 10.1 Å². The SMILES string of the molecule is CCc1ccc(NC(=S)NC(=O)c2cc(Br)cc(C)c2OC)cc1. The summed E-state index contributed by atoms with van der Waals surface area (Å²) in [6.45, 7) is 3.98. The van der Waals surface area contributed by atoms with Crippen LogP contribution in [0.1, 0.15) is 28.4 Å². The Morgan fingerprint density at radius 3 is 2.50 bits per heavy atom. The molecule has 2 rings (SSSR count). The third-order valence-electron chi connectivity index (χ3n) is 3.54. The van der Waals surface area contributed by atoms with Crippen molar-refractivity contribution in [3.8, 4) is 5.75 Å². The minimum atomic E-state index is -0.320. The molecule has 0 bridgehead atoms. The van der Waals surface area contributed by atoms with Gasteiger partial charge in [0.05, 0.1) is 12.7 Å². The Morgan fingerprint density at radius 1 is 1.25 bits per heavy atom. The van der Waals surface area contributed by atoms with Crippen LogP contribution in [-0.2, 0) is 6.42 Å². The first kappa shape index (κ1) is 18.4. The molecule has 0 spiro atoms. The third kappa shape index (κ3) is 4.55. The van der Waals surface area contributed by atoms with Gasteiger partial charge in [0.1, 0.15) is 5.75 Å². The van der Waals surface area contributed by atoms with E-state index in [2.05, 4.69) is 33.5 Å². The van der Waals surface area contributed by atoms with Crippen molar-refractivity contribution in [1.82, 2.24) is 5.32 Å². The van der Waals surface area contributed by atoms with Crippen LogP contribution in [0.5, 0.6) is 5.75 Å². The molecular formula is C18H19BrN2O2S. The molecule has 0 radical (unpaired) electrons. The van der Waals surface area contributed by atoms with Crippen molar-refractivity contribution in [3.63, 3.8) is 0 Å². The van der Waals surface area contributed by atoms with Gasteiger partial charge in [-0.2, -0.15) is 0 Å². The number of anilines is 1. The molecule has 126 valence electrons. The Balaban J connectivity index is 2.10. The van der Waals surface area contributed by atoms with E-state index >= 15 is 0 Å². The van der Waals surface area contributed by atoms with Gasteiger partial charge >= 0.3 is 0 Å². The zero-order valence-electron chi connectivity index (χ0n) is 13.8. The van der Waals surface area contributed by atoms with Gasteiger partial charge in [0.2, 0.25) is 0 Å². The highest BCUT2D eigenvalue weighted by Crippen LogP contribution is 2.27. The fraction of sp³-hybridized carbons (Fsp3) is 0.222. The summed E-state index contributed by atoms with van der Waals surface area (Å²) in [5.41, 5.74) is 3.36. The highest BCUT2D eigenvalue weighted by atomic mass is 79.9. The average molecular weight is 407 g/mol. The molecule has 24 heavy (non-hydrogen) atoms. The molecule has 0 saturated carbocycles. The van der Waals surface area contributed by atoms with E-state index in [1.54, 1.807) is 13.2 Å². The summed E-state index contributed by atoms with van der Waals surface area (Å²) in [6.07, 6.45) is 0.976. The molecule has 0 aliphatic rings. The van der Waals surface area contributed by atoms with Crippen LogP contribution in [0.2, 0.25) is 0 Å². The number of hydrogen-bond donors (Lipinski definition) is 2. The Kier molecular flexibility index (Phi) is 6.34. The van der Waals surface area contributed by atoms with E-state index in [0.717, 1.165) is 22.1 Å². The summed E-state index contributed by atoms with van der Waals surface area (Å²) in [5, 5.41) is 5.93. The first-order valence-corrected chi connectivity index (χ1v) is 8.70. The van der Waals surface area contributed by atoms with Gasteiger partial charge in [-0.05, 0) is 61.0 Å². The third-order valence-corrected chi connectivity index (χ3v) is 4.20. The molecule has 0 atom stereocenters. The Bertz CT molecular complexity index is 760. The predicted molar refractivity (Wildman–Crippen MR) is 105 cm³/mol. The molecule has 4 nitrogen and oxygen atoms in total. The molecule has 2 aromatic rings. The fourth-order valence-electron chi connectivity index (χ4n) is 2.33. The van der Waals surface area contributed by atoms with Crippen LogP contribution in [-0.4, -0.2) is 18.1 Å². The fourth-order valence-corrected chi connectivity index (χ4v) is 3.11. The number of benzene rings is 2. The second kappa shape index (κ2) is 8.26. The van der Waals surface area contributed by atoms with E-state index in [4.69, 9.17) is 17.0 Å². The monoisotopic (exact) mass is 406 g/mol. The molecule has 0 heterocycles. The average Bonchev–Trinajstić information content (AvgIpc) is 2.54. The first-order chi connectivity index (χ1) is 11.4. The van der Waals surface area contributed by atoms with E-state index in [-0.39, 0.29) is 11.0 Å². The zero-order chi connectivity index (χ0) is 17.7. The number of aryl methyl sites for hydroxylation is 2. The normalized spacial score (nSPS) is 10.2. The van der Waals surface area contributed by atoms with Crippen molar-refractivity contribution >= 4 is 44.9 Å². The molecule has 1 amide bonds. The van der Waals surface area contributed by atoms with Gasteiger partial charge in [0.25, 0.3) is 5.91 Å². The Morgan fingerprint density at radius 2 is 1.92 bits per heavy atom. The quantitative estimate of drug-likeness (QED) is 0.736. The van der Waals surface area contributed by atoms with E-state index in [9.17, 15) is 4.79 Å². The number of hydrogen-bond acceptors (Lipinski definition) is 3. The summed E-state index contributed by atoms with van der Waals surface area (Å²) in [7, 11) is 1.54. The second-order valence-electron chi connectivity index (χ2n) is 5.26. The maximum Gasteiger partial charge on any atom is 0.261 e. The minimum Gasteiger partial charge on any atom is -0.496 e. The number of thiocarbonyl (C=S) groups is 1. The van der Waals surface area contributed by atoms with Crippen LogP contribution in [0.25, 0.3) is 0 Å². The van der Waals surface area contributed by atoms with Crippen LogP contribution >= 0.6 is 28.1 Å². The standard InChI is InChI=1S/C18H19BrN2O2S/c1-4-12-5-7-14(8-6-12)20-18(24)21-17(22)15-10-13(19)9-11(2)16(15)23-3/h5-10H,4H2,1-3H3,(H2,20,21,22,24). The van der Waals surface area contributed by atoms with Crippen molar-refractivity contribution in [2.24, 2.45) is 0 Å². The molecule has 0 aromatic heterocycles. The van der Waals surface area contributed by atoms with Gasteiger partial charge in [0.15, 0.2) is 5.11 Å². The van der Waals surface area contributed by atoms with Crippen LogP contribution in [0, 0.1) is 6.92 Å².